The molecule has 0 aliphatic carbocycles. The molecular formula is C13H19NO3. The van der Waals surface area contributed by atoms with Crippen LogP contribution in [0, 0.1) is 0 Å². The summed E-state index contributed by atoms with van der Waals surface area (Å²) in [7, 11) is 1.71. The average molecular weight is 237 g/mol. The van der Waals surface area contributed by atoms with Crippen LogP contribution in [0.1, 0.15) is 29.3 Å². The van der Waals surface area contributed by atoms with Gasteiger partial charge in [0.25, 0.3) is 5.91 Å². The van der Waals surface area contributed by atoms with E-state index in [1.165, 1.54) is 0 Å². The van der Waals surface area contributed by atoms with Gasteiger partial charge in [0.1, 0.15) is 0 Å². The van der Waals surface area contributed by atoms with Gasteiger partial charge in [-0.1, -0.05) is 12.1 Å². The van der Waals surface area contributed by atoms with Crippen molar-refractivity contribution in [2.75, 3.05) is 13.6 Å². The second-order valence-corrected chi connectivity index (χ2v) is 4.22. The first-order valence-electron chi connectivity index (χ1n) is 5.68. The predicted octanol–water partition coefficient (Wildman–Crippen LogP) is 1.02. The van der Waals surface area contributed by atoms with Crippen molar-refractivity contribution < 1.29 is 15.0 Å². The van der Waals surface area contributed by atoms with E-state index in [-0.39, 0.29) is 12.5 Å². The van der Waals surface area contributed by atoms with Gasteiger partial charge in [0, 0.05) is 19.2 Å². The Bertz CT molecular complexity index is 359. The van der Waals surface area contributed by atoms with Crippen LogP contribution in [0.3, 0.4) is 0 Å². The third-order valence-corrected chi connectivity index (χ3v) is 2.61. The molecule has 0 saturated heterocycles. The maximum Gasteiger partial charge on any atom is 0.253 e. The molecule has 1 unspecified atom stereocenters. The number of carbonyl (C=O) groups excluding carboxylic acids is 1. The zero-order valence-electron chi connectivity index (χ0n) is 10.3. The maximum atomic E-state index is 11.9. The molecule has 1 amide bonds. The van der Waals surface area contributed by atoms with E-state index in [1.54, 1.807) is 43.1 Å². The smallest absolute Gasteiger partial charge is 0.253 e. The molecule has 0 aliphatic heterocycles. The van der Waals surface area contributed by atoms with Crippen molar-refractivity contribution in [2.24, 2.45) is 0 Å². The number of hydrogen-bond acceptors (Lipinski definition) is 3. The molecule has 4 nitrogen and oxygen atoms in total. The number of amides is 1. The van der Waals surface area contributed by atoms with E-state index in [4.69, 9.17) is 10.2 Å². The zero-order valence-corrected chi connectivity index (χ0v) is 10.3. The van der Waals surface area contributed by atoms with Gasteiger partial charge in [0.2, 0.25) is 0 Å². The minimum Gasteiger partial charge on any atom is -0.393 e. The Morgan fingerprint density at radius 1 is 1.35 bits per heavy atom. The third kappa shape index (κ3) is 4.17. The van der Waals surface area contributed by atoms with E-state index in [2.05, 4.69) is 0 Å². The number of benzene rings is 1. The van der Waals surface area contributed by atoms with Crippen LogP contribution in [0.15, 0.2) is 24.3 Å². The summed E-state index contributed by atoms with van der Waals surface area (Å²) in [5, 5.41) is 18.1. The summed E-state index contributed by atoms with van der Waals surface area (Å²) >= 11 is 0. The average Bonchev–Trinajstić information content (AvgIpc) is 2.35. The Morgan fingerprint density at radius 3 is 2.41 bits per heavy atom. The second-order valence-electron chi connectivity index (χ2n) is 4.22. The van der Waals surface area contributed by atoms with Gasteiger partial charge >= 0.3 is 0 Å². The second kappa shape index (κ2) is 6.37. The van der Waals surface area contributed by atoms with Crippen molar-refractivity contribution in [3.05, 3.63) is 35.4 Å². The molecular weight excluding hydrogens is 218 g/mol. The molecule has 0 saturated carbocycles. The zero-order chi connectivity index (χ0) is 12.8. The molecule has 1 aromatic rings. The Kier molecular flexibility index (Phi) is 5.12. The third-order valence-electron chi connectivity index (χ3n) is 2.61. The fourth-order valence-electron chi connectivity index (χ4n) is 1.46. The van der Waals surface area contributed by atoms with Crippen molar-refractivity contribution in [1.29, 1.82) is 0 Å². The van der Waals surface area contributed by atoms with Crippen molar-refractivity contribution >= 4 is 5.91 Å². The summed E-state index contributed by atoms with van der Waals surface area (Å²) in [6, 6.07) is 6.87. The molecule has 4 heteroatoms. The Labute approximate surface area is 101 Å². The van der Waals surface area contributed by atoms with E-state index in [0.717, 1.165) is 5.56 Å². The quantitative estimate of drug-likeness (QED) is 0.804. The summed E-state index contributed by atoms with van der Waals surface area (Å²) in [5.41, 5.74) is 1.38. The van der Waals surface area contributed by atoms with Gasteiger partial charge in [-0.15, -0.1) is 0 Å². The number of hydrogen-bond donors (Lipinski definition) is 2. The number of rotatable bonds is 5. The molecule has 94 valence electrons. The van der Waals surface area contributed by atoms with Crippen LogP contribution in [0.4, 0.5) is 0 Å². The van der Waals surface area contributed by atoms with Gasteiger partial charge in [-0.3, -0.25) is 4.79 Å². The lowest BCUT2D eigenvalue weighted by atomic mass is 10.1. The van der Waals surface area contributed by atoms with E-state index in [9.17, 15) is 4.79 Å². The van der Waals surface area contributed by atoms with Crippen molar-refractivity contribution in [3.8, 4) is 0 Å². The molecule has 0 heterocycles. The molecule has 0 aromatic heterocycles. The van der Waals surface area contributed by atoms with Gasteiger partial charge in [-0.05, 0) is 31.0 Å². The van der Waals surface area contributed by atoms with E-state index < -0.39 is 6.10 Å². The monoisotopic (exact) mass is 237 g/mol. The van der Waals surface area contributed by atoms with Crippen molar-refractivity contribution in [3.63, 3.8) is 0 Å². The summed E-state index contributed by atoms with van der Waals surface area (Å²) in [5.74, 6) is -0.0739. The maximum absolute atomic E-state index is 11.9. The lowest BCUT2D eigenvalue weighted by Gasteiger charge is -2.18. The van der Waals surface area contributed by atoms with Crippen molar-refractivity contribution in [2.45, 2.75) is 26.1 Å². The van der Waals surface area contributed by atoms with Crippen LogP contribution in [0.5, 0.6) is 0 Å². The SMILES string of the molecule is CC(O)CCN(C)C(=O)c1ccc(CO)cc1. The standard InChI is InChI=1S/C13H19NO3/c1-10(16)7-8-14(2)13(17)12-5-3-11(9-15)4-6-12/h3-6,10,15-16H,7-9H2,1-2H3. The van der Waals surface area contributed by atoms with Gasteiger partial charge in [0.15, 0.2) is 0 Å². The number of aliphatic hydroxyl groups excluding tert-OH is 2. The molecule has 1 rings (SSSR count). The van der Waals surface area contributed by atoms with E-state index in [0.29, 0.717) is 18.5 Å². The minimum absolute atomic E-state index is 0.0215. The van der Waals surface area contributed by atoms with Gasteiger partial charge in [-0.25, -0.2) is 0 Å². The normalized spacial score (nSPS) is 12.2. The largest absolute Gasteiger partial charge is 0.393 e. The lowest BCUT2D eigenvalue weighted by Crippen LogP contribution is -2.29. The molecule has 1 atom stereocenters. The Hall–Kier alpha value is -1.39. The minimum atomic E-state index is -0.401. The highest BCUT2D eigenvalue weighted by molar-refractivity contribution is 5.94. The number of nitrogens with zero attached hydrogens (tertiary/aromatic N) is 1. The van der Waals surface area contributed by atoms with Gasteiger partial charge in [0.05, 0.1) is 12.7 Å². The molecule has 0 radical (unpaired) electrons. The molecule has 0 fully saturated rings. The van der Waals surface area contributed by atoms with Crippen LogP contribution < -0.4 is 0 Å². The number of aliphatic hydroxyl groups is 2. The van der Waals surface area contributed by atoms with E-state index in [1.807, 2.05) is 0 Å². The molecule has 2 N–H and O–H groups in total. The van der Waals surface area contributed by atoms with Crippen LogP contribution in [-0.4, -0.2) is 40.7 Å². The van der Waals surface area contributed by atoms with Crippen LogP contribution in [0.2, 0.25) is 0 Å². The van der Waals surface area contributed by atoms with Crippen LogP contribution >= 0.6 is 0 Å². The molecule has 17 heavy (non-hydrogen) atoms. The molecule has 0 bridgehead atoms. The summed E-state index contributed by atoms with van der Waals surface area (Å²) in [6.45, 7) is 2.21. The number of carbonyl (C=O) groups is 1. The predicted molar refractivity (Wildman–Crippen MR) is 65.6 cm³/mol. The highest BCUT2D eigenvalue weighted by atomic mass is 16.3. The van der Waals surface area contributed by atoms with E-state index >= 15 is 0 Å². The fraction of sp³-hybridized carbons (Fsp3) is 0.462. The lowest BCUT2D eigenvalue weighted by molar-refractivity contribution is 0.0769. The Morgan fingerprint density at radius 2 is 1.94 bits per heavy atom. The fourth-order valence-corrected chi connectivity index (χ4v) is 1.46. The summed E-state index contributed by atoms with van der Waals surface area (Å²) in [6.07, 6.45) is 0.166. The van der Waals surface area contributed by atoms with Crippen LogP contribution in [-0.2, 0) is 6.61 Å². The molecule has 0 spiro atoms. The Balaban J connectivity index is 2.61. The summed E-state index contributed by atoms with van der Waals surface area (Å²) < 4.78 is 0. The topological polar surface area (TPSA) is 60.8 Å². The highest BCUT2D eigenvalue weighted by Crippen LogP contribution is 2.07. The first-order valence-corrected chi connectivity index (χ1v) is 5.68. The first kappa shape index (κ1) is 13.7. The van der Waals surface area contributed by atoms with Crippen LogP contribution in [0.25, 0.3) is 0 Å². The highest BCUT2D eigenvalue weighted by Gasteiger charge is 2.11. The first-order chi connectivity index (χ1) is 8.04. The van der Waals surface area contributed by atoms with Gasteiger partial charge in [-0.2, -0.15) is 0 Å². The molecule has 0 aliphatic rings. The van der Waals surface area contributed by atoms with Crippen molar-refractivity contribution in [1.82, 2.24) is 4.90 Å². The molecule has 1 aromatic carbocycles. The van der Waals surface area contributed by atoms with Gasteiger partial charge < -0.3 is 15.1 Å². The summed E-state index contributed by atoms with van der Waals surface area (Å²) in [4.78, 5) is 13.5.